The van der Waals surface area contributed by atoms with Crippen molar-refractivity contribution in [3.63, 3.8) is 0 Å². The maximum Gasteiger partial charge on any atom is 0.332 e. The predicted octanol–water partition coefficient (Wildman–Crippen LogP) is 1.08. The van der Waals surface area contributed by atoms with Gasteiger partial charge in [0.25, 0.3) is 5.56 Å². The molecule has 3 rings (SSSR count). The number of benzene rings is 1. The second-order valence-corrected chi connectivity index (χ2v) is 5.84. The van der Waals surface area contributed by atoms with Crippen LogP contribution in [0.1, 0.15) is 10.4 Å². The van der Waals surface area contributed by atoms with Crippen LogP contribution in [0.4, 0.5) is 0 Å². The minimum Gasteiger partial charge on any atom is -0.296 e. The van der Waals surface area contributed by atoms with Gasteiger partial charge in [-0.15, -0.1) is 0 Å². The molecule has 2 aromatic heterocycles. The number of ketones is 1. The van der Waals surface area contributed by atoms with Gasteiger partial charge < -0.3 is 0 Å². The van der Waals surface area contributed by atoms with Crippen LogP contribution in [-0.2, 0) is 20.6 Å². The Kier molecular flexibility index (Phi) is 3.77. The van der Waals surface area contributed by atoms with Crippen LogP contribution in [0.2, 0.25) is 0 Å². The van der Waals surface area contributed by atoms with E-state index in [1.54, 1.807) is 31.3 Å². The van der Waals surface area contributed by atoms with Crippen molar-refractivity contribution in [2.75, 3.05) is 0 Å². The van der Waals surface area contributed by atoms with Gasteiger partial charge in [0.2, 0.25) is 0 Å². The molecule has 0 amide bonds. The number of fused-ring (bicyclic) bond motifs is 1. The van der Waals surface area contributed by atoms with Crippen LogP contribution in [0.25, 0.3) is 11.2 Å². The molecule has 118 valence electrons. The maximum atomic E-state index is 12.4. The normalized spacial score (nSPS) is 11.1. The van der Waals surface area contributed by atoms with Crippen molar-refractivity contribution in [1.29, 1.82) is 0 Å². The predicted molar refractivity (Wildman–Crippen MR) is 88.7 cm³/mol. The van der Waals surface area contributed by atoms with E-state index >= 15 is 0 Å². The third-order valence-electron chi connectivity index (χ3n) is 3.69. The second-order valence-electron chi connectivity index (χ2n) is 5.13. The first kappa shape index (κ1) is 15.4. The highest BCUT2D eigenvalue weighted by molar-refractivity contribution is 9.10. The van der Waals surface area contributed by atoms with Crippen LogP contribution < -0.4 is 11.2 Å². The highest BCUT2D eigenvalue weighted by Gasteiger charge is 2.19. The molecule has 0 atom stereocenters. The Hall–Kier alpha value is -2.48. The Balaban J connectivity index is 2.19. The van der Waals surface area contributed by atoms with Crippen LogP contribution in [-0.4, -0.2) is 24.5 Å². The highest BCUT2D eigenvalue weighted by Crippen LogP contribution is 2.17. The molecular weight excluding hydrogens is 364 g/mol. The topological polar surface area (TPSA) is 78.9 Å². The van der Waals surface area contributed by atoms with Gasteiger partial charge in [-0.2, -0.15) is 0 Å². The number of carbonyl (C=O) groups excluding carboxylic acids is 1. The Labute approximate surface area is 138 Å². The van der Waals surface area contributed by atoms with Crippen molar-refractivity contribution in [1.82, 2.24) is 18.7 Å². The van der Waals surface area contributed by atoms with Gasteiger partial charge in [0.1, 0.15) is 0 Å². The summed E-state index contributed by atoms with van der Waals surface area (Å²) < 4.78 is 4.15. The molecular formula is C15H13BrN4O3. The van der Waals surface area contributed by atoms with Crippen molar-refractivity contribution >= 4 is 32.9 Å². The average Bonchev–Trinajstić information content (AvgIpc) is 2.88. The summed E-state index contributed by atoms with van der Waals surface area (Å²) >= 11 is 3.26. The number of halogens is 1. The van der Waals surface area contributed by atoms with Gasteiger partial charge >= 0.3 is 5.69 Å². The molecule has 0 N–H and O–H groups in total. The van der Waals surface area contributed by atoms with Crippen molar-refractivity contribution in [3.8, 4) is 0 Å². The number of Topliss-reactive ketones (excluding diaryl/α,β-unsaturated/α-hetero) is 1. The summed E-state index contributed by atoms with van der Waals surface area (Å²) in [6.45, 7) is -0.0262. The molecule has 0 aliphatic rings. The van der Waals surface area contributed by atoms with E-state index < -0.39 is 11.2 Å². The molecule has 0 aliphatic carbocycles. The Morgan fingerprint density at radius 1 is 1.13 bits per heavy atom. The molecule has 0 bridgehead atoms. The summed E-state index contributed by atoms with van der Waals surface area (Å²) in [6.07, 6.45) is 0. The van der Waals surface area contributed by atoms with Gasteiger partial charge in [-0.1, -0.05) is 30.3 Å². The molecule has 0 saturated heterocycles. The minimum absolute atomic E-state index is 0.0262. The highest BCUT2D eigenvalue weighted by atomic mass is 79.9. The molecule has 0 saturated carbocycles. The van der Waals surface area contributed by atoms with Gasteiger partial charge in [0, 0.05) is 19.7 Å². The molecule has 23 heavy (non-hydrogen) atoms. The van der Waals surface area contributed by atoms with E-state index in [9.17, 15) is 14.4 Å². The number of rotatable bonds is 3. The Bertz CT molecular complexity index is 1030. The first-order valence-electron chi connectivity index (χ1n) is 6.82. The van der Waals surface area contributed by atoms with E-state index in [0.29, 0.717) is 15.9 Å². The molecule has 0 radical (unpaired) electrons. The Morgan fingerprint density at radius 3 is 2.43 bits per heavy atom. The van der Waals surface area contributed by atoms with Crippen LogP contribution >= 0.6 is 15.9 Å². The fraction of sp³-hybridized carbons (Fsp3) is 0.200. The van der Waals surface area contributed by atoms with Crippen molar-refractivity contribution in [2.24, 2.45) is 14.1 Å². The van der Waals surface area contributed by atoms with Gasteiger partial charge in [-0.05, 0) is 15.9 Å². The fourth-order valence-corrected chi connectivity index (χ4v) is 2.93. The first-order chi connectivity index (χ1) is 10.9. The summed E-state index contributed by atoms with van der Waals surface area (Å²) in [4.78, 5) is 40.9. The van der Waals surface area contributed by atoms with Crippen molar-refractivity contribution < 1.29 is 4.79 Å². The van der Waals surface area contributed by atoms with Gasteiger partial charge in [-0.3, -0.25) is 23.3 Å². The molecule has 8 heteroatoms. The zero-order chi connectivity index (χ0) is 16.7. The molecule has 2 heterocycles. The summed E-state index contributed by atoms with van der Waals surface area (Å²) in [5.74, 6) is -0.140. The van der Waals surface area contributed by atoms with E-state index in [-0.39, 0.29) is 17.8 Å². The van der Waals surface area contributed by atoms with E-state index in [4.69, 9.17) is 0 Å². The standard InChI is InChI=1S/C15H13BrN4O3/c1-18-12-11(13(22)19(2)15(18)23)17-14(16)20(12)8-10(21)9-6-4-3-5-7-9/h3-7H,8H2,1-2H3. The summed E-state index contributed by atoms with van der Waals surface area (Å²) in [6, 6.07) is 8.81. The quantitative estimate of drug-likeness (QED) is 0.506. The molecule has 0 fully saturated rings. The molecule has 0 spiro atoms. The van der Waals surface area contributed by atoms with E-state index in [1.165, 1.54) is 16.2 Å². The van der Waals surface area contributed by atoms with Crippen molar-refractivity contribution in [2.45, 2.75) is 6.54 Å². The van der Waals surface area contributed by atoms with Crippen LogP contribution in [0.5, 0.6) is 0 Å². The molecule has 0 unspecified atom stereocenters. The van der Waals surface area contributed by atoms with Crippen LogP contribution in [0.3, 0.4) is 0 Å². The number of imidazole rings is 1. The lowest BCUT2D eigenvalue weighted by Crippen LogP contribution is -2.37. The molecule has 7 nitrogen and oxygen atoms in total. The van der Waals surface area contributed by atoms with Gasteiger partial charge in [-0.25, -0.2) is 9.78 Å². The fourth-order valence-electron chi connectivity index (χ4n) is 2.46. The zero-order valence-corrected chi connectivity index (χ0v) is 14.1. The van der Waals surface area contributed by atoms with Crippen molar-refractivity contribution in [3.05, 3.63) is 61.5 Å². The van der Waals surface area contributed by atoms with E-state index in [0.717, 1.165) is 4.57 Å². The maximum absolute atomic E-state index is 12.4. The summed E-state index contributed by atoms with van der Waals surface area (Å²) in [7, 11) is 2.94. The lowest BCUT2D eigenvalue weighted by molar-refractivity contribution is 0.0972. The van der Waals surface area contributed by atoms with E-state index in [1.807, 2.05) is 6.07 Å². The first-order valence-corrected chi connectivity index (χ1v) is 7.61. The largest absolute Gasteiger partial charge is 0.332 e. The molecule has 3 aromatic rings. The minimum atomic E-state index is -0.491. The molecule has 1 aromatic carbocycles. The second kappa shape index (κ2) is 5.62. The number of aryl methyl sites for hydroxylation is 1. The Morgan fingerprint density at radius 2 is 1.78 bits per heavy atom. The van der Waals surface area contributed by atoms with Gasteiger partial charge in [0.15, 0.2) is 21.7 Å². The van der Waals surface area contributed by atoms with E-state index in [2.05, 4.69) is 20.9 Å². The third-order valence-corrected chi connectivity index (χ3v) is 4.30. The summed E-state index contributed by atoms with van der Waals surface area (Å²) in [5, 5.41) is 0. The number of nitrogens with zero attached hydrogens (tertiary/aromatic N) is 4. The van der Waals surface area contributed by atoms with Crippen LogP contribution in [0, 0.1) is 0 Å². The zero-order valence-electron chi connectivity index (χ0n) is 12.5. The smallest absolute Gasteiger partial charge is 0.296 e. The number of hydrogen-bond donors (Lipinski definition) is 0. The molecule has 0 aliphatic heterocycles. The third kappa shape index (κ3) is 2.44. The lowest BCUT2D eigenvalue weighted by atomic mass is 10.1. The summed E-state index contributed by atoms with van der Waals surface area (Å²) in [5.41, 5.74) is 0.0460. The number of aromatic nitrogens is 4. The average molecular weight is 377 g/mol. The van der Waals surface area contributed by atoms with Gasteiger partial charge in [0.05, 0.1) is 6.54 Å². The SMILES string of the molecule is Cn1c(=O)c2nc(Br)n(CC(=O)c3ccccc3)c2n(C)c1=O. The van der Waals surface area contributed by atoms with Crippen LogP contribution in [0.15, 0.2) is 44.7 Å². The number of hydrogen-bond acceptors (Lipinski definition) is 4. The monoisotopic (exact) mass is 376 g/mol. The number of carbonyl (C=O) groups is 1. The lowest BCUT2D eigenvalue weighted by Gasteiger charge is -2.09.